The second-order valence-electron chi connectivity index (χ2n) is 22.7. The van der Waals surface area contributed by atoms with Gasteiger partial charge in [-0.25, -0.2) is 0 Å². The van der Waals surface area contributed by atoms with Crippen molar-refractivity contribution in [2.75, 3.05) is 19.6 Å². The Morgan fingerprint density at radius 1 is 0.322 bits per heavy atom. The molecule has 0 saturated carbocycles. The second-order valence-corrected chi connectivity index (χ2v) is 26.0. The summed E-state index contributed by atoms with van der Waals surface area (Å²) in [7, 11) is 0. The molecule has 13 aromatic carbocycles. The van der Waals surface area contributed by atoms with E-state index in [1.807, 2.05) is 11.8 Å². The zero-order valence-electron chi connectivity index (χ0n) is 47.2. The van der Waals surface area contributed by atoms with E-state index in [0.717, 1.165) is 45.5 Å². The molecule has 0 radical (unpaired) electrons. The van der Waals surface area contributed by atoms with Gasteiger partial charge in [-0.05, 0) is 0 Å². The van der Waals surface area contributed by atoms with E-state index in [4.69, 9.17) is 0 Å². The van der Waals surface area contributed by atoms with Crippen molar-refractivity contribution in [3.8, 4) is 5.69 Å². The van der Waals surface area contributed by atoms with Crippen LogP contribution < -0.4 is 61.3 Å². The van der Waals surface area contributed by atoms with E-state index in [0.29, 0.717) is 0 Å². The van der Waals surface area contributed by atoms with E-state index >= 15 is 0 Å². The first-order valence-electron chi connectivity index (χ1n) is 29.8. The van der Waals surface area contributed by atoms with Crippen LogP contribution in [0.5, 0.6) is 0 Å². The van der Waals surface area contributed by atoms with Gasteiger partial charge in [0.15, 0.2) is 0 Å². The quantitative estimate of drug-likeness (QED) is 0.134. The zero-order valence-corrected chi connectivity index (χ0v) is 49.7. The molecule has 14 aromatic rings. The third kappa shape index (κ3) is 7.83. The number of rotatable bonds is 9. The molecular weight excluding hydrogens is 1140 g/mol. The molecule has 9 heteroatoms. The van der Waals surface area contributed by atoms with Crippen molar-refractivity contribution >= 4 is 172 Å². The van der Waals surface area contributed by atoms with E-state index in [1.165, 1.54) is 102 Å². The SMILES string of the molecule is c1ccc(N(c2ccccc2)c2cc3c4c(c2)N(c2ccccc2)c2ccccc2B4c2cc4c(c(-n5c6ccccc6c6ccccc65)c2S3)[Se]c2cc(N(c3ccccc3)c3ccccc3)cc3c2B4c2ccccc2N3c2ccccc2)cc1. The van der Waals surface area contributed by atoms with E-state index in [-0.39, 0.29) is 28.4 Å². The van der Waals surface area contributed by atoms with Gasteiger partial charge in [0, 0.05) is 0 Å². The van der Waals surface area contributed by atoms with Crippen molar-refractivity contribution in [3.63, 3.8) is 0 Å². The molecule has 4 aliphatic heterocycles. The molecule has 0 saturated heterocycles. The Balaban J connectivity index is 0.969. The van der Waals surface area contributed by atoms with Crippen LogP contribution >= 0.6 is 11.8 Å². The van der Waals surface area contributed by atoms with Gasteiger partial charge in [-0.15, -0.1) is 0 Å². The fraction of sp³-hybridized carbons (Fsp3) is 0. The summed E-state index contributed by atoms with van der Waals surface area (Å²) in [6.07, 6.45) is 0. The molecule has 406 valence electrons. The molecular formula is C78H51B2N5SSe. The number of para-hydroxylation sites is 10. The Morgan fingerprint density at radius 2 is 0.724 bits per heavy atom. The van der Waals surface area contributed by atoms with Crippen molar-refractivity contribution in [1.29, 1.82) is 0 Å². The average Bonchev–Trinajstić information content (AvgIpc) is 1.39. The first-order valence-corrected chi connectivity index (χ1v) is 32.3. The van der Waals surface area contributed by atoms with Gasteiger partial charge in [0.2, 0.25) is 0 Å². The van der Waals surface area contributed by atoms with Crippen LogP contribution in [0, 0.1) is 0 Å². The standard InChI is InChI=1S/C78H51B2N5SSe/c1-7-27-52(28-8-1)81(53-29-9-2-10-30-53)58-47-70-74-72(49-58)86-77-64(79(74)62-41-21-25-45-68(62)83(70)56-35-15-5-16-36-56)51-65-78(76(77)85-66-43-23-19-39-60(66)61-40-20-24-44-67(61)85)87-73-50-59(82(54-31-11-3-12-32-54)55-33-13-4-14-34-55)48-71-75(73)80(65)63-42-22-26-46-69(63)84(71)57-37-17-6-18-38-57/h1-51H. The van der Waals surface area contributed by atoms with Crippen LogP contribution in [0.3, 0.4) is 0 Å². The number of anilines is 12. The predicted octanol–water partition coefficient (Wildman–Crippen LogP) is 14.8. The second kappa shape index (κ2) is 20.3. The van der Waals surface area contributed by atoms with Crippen molar-refractivity contribution in [2.45, 2.75) is 9.79 Å². The third-order valence-electron chi connectivity index (χ3n) is 18.0. The van der Waals surface area contributed by atoms with Crippen molar-refractivity contribution in [2.24, 2.45) is 0 Å². The summed E-state index contributed by atoms with van der Waals surface area (Å²) < 4.78 is 5.48. The Labute approximate surface area is 517 Å². The average molecular weight is 1190 g/mol. The Morgan fingerprint density at radius 3 is 1.22 bits per heavy atom. The van der Waals surface area contributed by atoms with Gasteiger partial charge in [-0.2, -0.15) is 0 Å². The molecule has 1 aromatic heterocycles. The molecule has 0 atom stereocenters. The molecule has 0 bridgehead atoms. The van der Waals surface area contributed by atoms with Gasteiger partial charge in [0.05, 0.1) is 0 Å². The topological polar surface area (TPSA) is 17.9 Å². The molecule has 0 unspecified atom stereocenters. The number of nitrogens with zero attached hydrogens (tertiary/aromatic N) is 5. The Hall–Kier alpha value is -10.1. The summed E-state index contributed by atoms with van der Waals surface area (Å²) in [5, 5.41) is 2.51. The minimum atomic E-state index is -0.212. The van der Waals surface area contributed by atoms with Crippen LogP contribution in [0.25, 0.3) is 27.5 Å². The van der Waals surface area contributed by atoms with Gasteiger partial charge in [-0.1, -0.05) is 0 Å². The molecule has 0 N–H and O–H groups in total. The van der Waals surface area contributed by atoms with E-state index in [1.54, 1.807) is 0 Å². The molecule has 5 nitrogen and oxygen atoms in total. The summed E-state index contributed by atoms with van der Waals surface area (Å²) in [5.74, 6) is 0. The van der Waals surface area contributed by atoms with E-state index < -0.39 is 0 Å². The van der Waals surface area contributed by atoms with E-state index in [2.05, 4.69) is 334 Å². The predicted molar refractivity (Wildman–Crippen MR) is 371 cm³/mol. The van der Waals surface area contributed by atoms with Crippen LogP contribution in [-0.4, -0.2) is 32.9 Å². The normalized spacial score (nSPS) is 13.1. The third-order valence-corrected chi connectivity index (χ3v) is 21.7. The summed E-state index contributed by atoms with van der Waals surface area (Å²) in [6.45, 7) is -0.181. The van der Waals surface area contributed by atoms with Crippen molar-refractivity contribution < 1.29 is 0 Å². The van der Waals surface area contributed by atoms with Crippen LogP contribution in [0.1, 0.15) is 0 Å². The van der Waals surface area contributed by atoms with Crippen LogP contribution in [-0.2, 0) is 0 Å². The summed E-state index contributed by atoms with van der Waals surface area (Å²) in [5.41, 5.74) is 25.5. The minimum absolute atomic E-state index is 0.0805. The summed E-state index contributed by atoms with van der Waals surface area (Å²) in [6, 6.07) is 115. The first kappa shape index (κ1) is 50.2. The van der Waals surface area contributed by atoms with Gasteiger partial charge >= 0.3 is 521 Å². The molecule has 18 rings (SSSR count). The number of hydrogen-bond acceptors (Lipinski definition) is 5. The number of benzene rings is 13. The van der Waals surface area contributed by atoms with E-state index in [9.17, 15) is 0 Å². The summed E-state index contributed by atoms with van der Waals surface area (Å²) in [4.78, 5) is 12.5. The van der Waals surface area contributed by atoms with Crippen LogP contribution in [0.4, 0.5) is 68.2 Å². The van der Waals surface area contributed by atoms with Crippen molar-refractivity contribution in [3.05, 3.63) is 309 Å². The Bertz CT molecular complexity index is 4640. The van der Waals surface area contributed by atoms with Gasteiger partial charge < -0.3 is 0 Å². The molecule has 4 aliphatic rings. The molecule has 5 heterocycles. The molecule has 0 fully saturated rings. The van der Waals surface area contributed by atoms with Crippen molar-refractivity contribution in [1.82, 2.24) is 4.57 Å². The fourth-order valence-corrected chi connectivity index (χ4v) is 18.7. The maximum atomic E-state index is 2.71. The molecule has 87 heavy (non-hydrogen) atoms. The fourth-order valence-electron chi connectivity index (χ4n) is 14.5. The molecule has 0 aliphatic carbocycles. The monoisotopic (exact) mass is 1190 g/mol. The summed E-state index contributed by atoms with van der Waals surface area (Å²) >= 11 is 1.76. The van der Waals surface area contributed by atoms with Crippen LogP contribution in [0.2, 0.25) is 0 Å². The number of fused-ring (bicyclic) bond motifs is 11. The van der Waals surface area contributed by atoms with Crippen LogP contribution in [0.15, 0.2) is 319 Å². The Kier molecular flexibility index (Phi) is 11.7. The van der Waals surface area contributed by atoms with Gasteiger partial charge in [0.1, 0.15) is 0 Å². The van der Waals surface area contributed by atoms with Gasteiger partial charge in [-0.3, -0.25) is 0 Å². The first-order chi connectivity index (χ1) is 43.2. The van der Waals surface area contributed by atoms with Gasteiger partial charge in [0.25, 0.3) is 0 Å². The molecule has 0 amide bonds. The maximum absolute atomic E-state index is 2.71. The number of aromatic nitrogens is 1. The number of hydrogen-bond donors (Lipinski definition) is 0. The molecule has 0 spiro atoms. The zero-order chi connectivity index (χ0) is 57.1.